The summed E-state index contributed by atoms with van der Waals surface area (Å²) in [4.78, 5) is 4.76. The SMILES string of the molecule is COc1ccc([OH+]C)c([CH]=[Ru]([Cl])[Cl])c1.Cc1ccc(N2[CH-]N(c3c(C)cc(C)cc3C)CC2)c(C)c1. The second kappa shape index (κ2) is 12.9. The summed E-state index contributed by atoms with van der Waals surface area (Å²) in [6.07, 6.45) is 0. The number of hydrogen-bond acceptors (Lipinski definition) is 3. The fourth-order valence-corrected chi connectivity index (χ4v) is 6.43. The summed E-state index contributed by atoms with van der Waals surface area (Å²) in [5.74, 6) is 1.67. The second-order valence-electron chi connectivity index (χ2n) is 8.99. The van der Waals surface area contributed by atoms with Gasteiger partial charge in [-0.15, -0.1) is 0 Å². The first-order valence-corrected chi connectivity index (χ1v) is 17.2. The number of halogens is 2. The van der Waals surface area contributed by atoms with Crippen LogP contribution in [0.4, 0.5) is 11.4 Å². The van der Waals surface area contributed by atoms with Crippen molar-refractivity contribution in [1.82, 2.24) is 0 Å². The van der Waals surface area contributed by atoms with Gasteiger partial charge in [-0.2, -0.15) is 6.67 Å². The standard InChI is InChI=1S/C20H25N2.C9H10O2.2ClH.Ru/c1-14-6-7-19(16(3)10-14)21-8-9-22(13-21)20-17(4)11-15(2)12-18(20)5;1-7-6-8(10-2)4-5-9(7)11-3;;;/h6-7,10-13H,8-9H2,1-5H3;1,4-6H,2-3H3;2*1H;/q-1;;;;+2/p-1. The number of ether oxygens (including phenoxy) is 2. The van der Waals surface area contributed by atoms with Crippen molar-refractivity contribution in [3.63, 3.8) is 0 Å². The summed E-state index contributed by atoms with van der Waals surface area (Å²) < 4.78 is 11.1. The fourth-order valence-electron chi connectivity index (χ4n) is 4.63. The molecule has 3 aromatic rings. The third kappa shape index (κ3) is 7.25. The van der Waals surface area contributed by atoms with E-state index in [4.69, 9.17) is 24.1 Å². The molecule has 1 aliphatic heterocycles. The Hall–Kier alpha value is -2.07. The zero-order chi connectivity index (χ0) is 26.4. The van der Waals surface area contributed by atoms with E-state index in [0.29, 0.717) is 0 Å². The molecule has 0 unspecified atom stereocenters. The number of aromatic hydroxyl groups is 1. The van der Waals surface area contributed by atoms with Crippen molar-refractivity contribution in [3.05, 3.63) is 88.6 Å². The largest absolute Gasteiger partial charge is 0.502 e. The Labute approximate surface area is 229 Å². The molecular weight excluding hydrogens is 580 g/mol. The van der Waals surface area contributed by atoms with Crippen molar-refractivity contribution < 1.29 is 23.0 Å². The van der Waals surface area contributed by atoms with E-state index >= 15 is 0 Å². The molecule has 0 aliphatic carbocycles. The Morgan fingerprint density at radius 1 is 0.861 bits per heavy atom. The molecule has 4 rings (SSSR count). The van der Waals surface area contributed by atoms with E-state index in [1.54, 1.807) is 14.2 Å². The molecule has 0 aromatic heterocycles. The van der Waals surface area contributed by atoms with Crippen LogP contribution in [0.15, 0.2) is 48.5 Å². The van der Waals surface area contributed by atoms with E-state index in [1.807, 2.05) is 22.8 Å². The van der Waals surface area contributed by atoms with Crippen LogP contribution in [0.3, 0.4) is 0 Å². The summed E-state index contributed by atoms with van der Waals surface area (Å²) in [5.41, 5.74) is 10.3. The number of aryl methyl sites for hydroxylation is 5. The van der Waals surface area contributed by atoms with Crippen LogP contribution >= 0.6 is 19.4 Å². The van der Waals surface area contributed by atoms with E-state index in [1.165, 1.54) is 39.2 Å². The first-order chi connectivity index (χ1) is 17.1. The van der Waals surface area contributed by atoms with Gasteiger partial charge >= 0.3 is 96.5 Å². The molecule has 0 spiro atoms. The Balaban J connectivity index is 0.000000223. The van der Waals surface area contributed by atoms with Crippen LogP contribution in [0.2, 0.25) is 0 Å². The van der Waals surface area contributed by atoms with Crippen molar-refractivity contribution in [3.8, 4) is 11.5 Å². The molecule has 196 valence electrons. The first kappa shape index (κ1) is 28.5. The predicted molar refractivity (Wildman–Crippen MR) is 153 cm³/mol. The molecule has 1 fully saturated rings. The zero-order valence-electron chi connectivity index (χ0n) is 22.0. The van der Waals surface area contributed by atoms with Gasteiger partial charge in [-0.25, -0.2) is 0 Å². The Morgan fingerprint density at radius 3 is 2.08 bits per heavy atom. The number of anilines is 2. The minimum atomic E-state index is -1.81. The molecule has 0 atom stereocenters. The molecule has 0 radical (unpaired) electrons. The van der Waals surface area contributed by atoms with Gasteiger partial charge in [-0.1, -0.05) is 35.4 Å². The van der Waals surface area contributed by atoms with E-state index in [0.717, 1.165) is 30.2 Å². The van der Waals surface area contributed by atoms with Crippen LogP contribution in [0.5, 0.6) is 11.5 Å². The normalized spacial score (nSPS) is 13.2. The molecule has 0 amide bonds. The van der Waals surface area contributed by atoms with Gasteiger partial charge in [0, 0.05) is 24.5 Å². The average molecular weight is 617 g/mol. The minimum Gasteiger partial charge on any atom is -0.502 e. The molecule has 1 N–H and O–H groups in total. The van der Waals surface area contributed by atoms with Gasteiger partial charge in [-0.05, 0) is 57.4 Å². The predicted octanol–water partition coefficient (Wildman–Crippen LogP) is 7.32. The number of nitrogens with zero attached hydrogens (tertiary/aromatic N) is 2. The van der Waals surface area contributed by atoms with Gasteiger partial charge in [0.2, 0.25) is 0 Å². The van der Waals surface area contributed by atoms with Gasteiger partial charge in [0.15, 0.2) is 0 Å². The quantitative estimate of drug-likeness (QED) is 0.171. The molecule has 3 aromatic carbocycles. The van der Waals surface area contributed by atoms with Crippen LogP contribution in [0.25, 0.3) is 0 Å². The van der Waals surface area contributed by atoms with Crippen molar-refractivity contribution in [2.75, 3.05) is 37.1 Å². The topological polar surface area (TPSA) is 28.5 Å². The summed E-state index contributed by atoms with van der Waals surface area (Å²) in [7, 11) is 15.0. The van der Waals surface area contributed by atoms with Crippen LogP contribution < -0.4 is 14.5 Å². The number of rotatable bonds is 5. The van der Waals surface area contributed by atoms with Crippen LogP contribution in [-0.4, -0.2) is 36.7 Å². The summed E-state index contributed by atoms with van der Waals surface area (Å²) in [5, 5.41) is 0. The Kier molecular flexibility index (Phi) is 10.2. The van der Waals surface area contributed by atoms with Crippen LogP contribution in [0, 0.1) is 41.3 Å². The third-order valence-corrected chi connectivity index (χ3v) is 7.94. The second-order valence-corrected chi connectivity index (χ2v) is 14.7. The molecular formula is C29H36Cl2N2O2Ru. The smallest absolute Gasteiger partial charge is 0.0146 e. The maximum atomic E-state index is 5.81. The maximum Gasteiger partial charge on any atom is 0.0146 e. The van der Waals surface area contributed by atoms with Crippen molar-refractivity contribution >= 4 is 35.4 Å². The van der Waals surface area contributed by atoms with Gasteiger partial charge < -0.3 is 9.80 Å². The van der Waals surface area contributed by atoms with Gasteiger partial charge in [0.25, 0.3) is 0 Å². The number of methoxy groups -OCH3 is 1. The van der Waals surface area contributed by atoms with E-state index in [2.05, 4.69) is 86.2 Å². The number of hydrogen-bond donors (Lipinski definition) is 0. The third-order valence-electron chi connectivity index (χ3n) is 6.11. The van der Waals surface area contributed by atoms with Crippen LogP contribution in [-0.2, 0) is 13.5 Å². The number of aliphatic hydroxyl groups is 1. The maximum absolute atomic E-state index is 5.81. The van der Waals surface area contributed by atoms with E-state index < -0.39 is 13.5 Å². The molecule has 4 nitrogen and oxygen atoms in total. The number of benzene rings is 3. The molecule has 0 bridgehead atoms. The molecule has 1 aliphatic rings. The first-order valence-electron chi connectivity index (χ1n) is 11.8. The van der Waals surface area contributed by atoms with Gasteiger partial charge in [-0.3, -0.25) is 0 Å². The van der Waals surface area contributed by atoms with Gasteiger partial charge in [0.05, 0.1) is 0 Å². The molecule has 1 heterocycles. The Bertz CT molecular complexity index is 1220. The Morgan fingerprint density at radius 2 is 1.50 bits per heavy atom. The van der Waals surface area contributed by atoms with Crippen molar-refractivity contribution in [2.24, 2.45) is 0 Å². The molecule has 36 heavy (non-hydrogen) atoms. The van der Waals surface area contributed by atoms with E-state index in [-0.39, 0.29) is 0 Å². The van der Waals surface area contributed by atoms with Crippen LogP contribution in [0.1, 0.15) is 33.4 Å². The zero-order valence-corrected chi connectivity index (χ0v) is 25.3. The fraction of sp³-hybridized carbons (Fsp3) is 0.310. The summed E-state index contributed by atoms with van der Waals surface area (Å²) >= 11 is -1.81. The average Bonchev–Trinajstić information content (AvgIpc) is 3.27. The summed E-state index contributed by atoms with van der Waals surface area (Å²) in [6, 6.07) is 16.9. The van der Waals surface area contributed by atoms with Crippen molar-refractivity contribution in [1.29, 1.82) is 0 Å². The molecule has 0 saturated carbocycles. The van der Waals surface area contributed by atoms with Crippen molar-refractivity contribution in [2.45, 2.75) is 34.6 Å². The van der Waals surface area contributed by atoms with Gasteiger partial charge in [0.1, 0.15) is 0 Å². The molecule has 1 saturated heterocycles. The monoisotopic (exact) mass is 616 g/mol. The van der Waals surface area contributed by atoms with E-state index in [9.17, 15) is 0 Å². The molecule has 7 heteroatoms. The summed E-state index contributed by atoms with van der Waals surface area (Å²) in [6.45, 7) is 15.3. The minimum absolute atomic E-state index is 0.785.